The Bertz CT molecular complexity index is 1550. The number of likely N-dealkylation sites (tertiary alicyclic amines) is 1. The number of aromatic nitrogens is 3. The number of anilines is 1. The summed E-state index contributed by atoms with van der Waals surface area (Å²) in [5.74, 6) is 1.62. The zero-order valence-electron chi connectivity index (χ0n) is 26.7. The molecule has 1 amide bonds. The molecule has 0 radical (unpaired) electrons. The molecule has 2 saturated heterocycles. The highest BCUT2D eigenvalue weighted by molar-refractivity contribution is 6.35. The van der Waals surface area contributed by atoms with Gasteiger partial charge in [0.15, 0.2) is 5.75 Å². The number of hydrogen-bond donors (Lipinski definition) is 2. The number of rotatable bonds is 11. The fourth-order valence-electron chi connectivity index (χ4n) is 6.74. The lowest BCUT2D eigenvalue weighted by Gasteiger charge is -2.34. The number of halogens is 2. The lowest BCUT2D eigenvalue weighted by atomic mass is 10.1. The number of pyridine rings is 1. The van der Waals surface area contributed by atoms with Crippen LogP contribution in [0.5, 0.6) is 11.6 Å². The molecule has 4 heterocycles. The largest absolute Gasteiger partial charge is 0.481 e. The van der Waals surface area contributed by atoms with Crippen molar-refractivity contribution in [1.29, 1.82) is 0 Å². The molecule has 2 N–H and O–H groups in total. The van der Waals surface area contributed by atoms with E-state index in [2.05, 4.69) is 36.1 Å². The second-order valence-electron chi connectivity index (χ2n) is 12.9. The molecule has 3 aliphatic rings. The lowest BCUT2D eigenvalue weighted by Crippen LogP contribution is -2.47. The van der Waals surface area contributed by atoms with Crippen molar-refractivity contribution in [1.82, 2.24) is 30.1 Å². The number of ether oxygens (including phenoxy) is 1. The van der Waals surface area contributed by atoms with E-state index in [-0.39, 0.29) is 11.8 Å². The van der Waals surface area contributed by atoms with Gasteiger partial charge in [-0.3, -0.25) is 19.4 Å². The number of hydrogen-bond acceptors (Lipinski definition) is 9. The molecule has 250 valence electrons. The van der Waals surface area contributed by atoms with Crippen molar-refractivity contribution in [3.05, 3.63) is 58.3 Å². The van der Waals surface area contributed by atoms with Crippen molar-refractivity contribution < 1.29 is 19.4 Å². The summed E-state index contributed by atoms with van der Waals surface area (Å²) in [7, 11) is 0. The first kappa shape index (κ1) is 33.4. The monoisotopic (exact) mass is 681 g/mol. The number of aliphatic carboxylic acids is 1. The van der Waals surface area contributed by atoms with Crippen molar-refractivity contribution in [2.75, 3.05) is 50.7 Å². The first-order valence-electron chi connectivity index (χ1n) is 16.3. The van der Waals surface area contributed by atoms with E-state index in [9.17, 15) is 9.59 Å². The van der Waals surface area contributed by atoms with E-state index in [1.807, 2.05) is 18.2 Å². The van der Waals surface area contributed by atoms with Crippen molar-refractivity contribution in [2.24, 2.45) is 17.8 Å². The van der Waals surface area contributed by atoms with Crippen LogP contribution in [0.2, 0.25) is 10.0 Å². The maximum atomic E-state index is 11.6. The number of amides is 1. The summed E-state index contributed by atoms with van der Waals surface area (Å²) >= 11 is 12.7. The molecule has 1 saturated carbocycles. The Morgan fingerprint density at radius 3 is 2.23 bits per heavy atom. The number of fused-ring (bicyclic) bond motifs is 1. The van der Waals surface area contributed by atoms with E-state index >= 15 is 0 Å². The summed E-state index contributed by atoms with van der Waals surface area (Å²) in [5.41, 5.74) is 2.56. The van der Waals surface area contributed by atoms with Gasteiger partial charge in [0, 0.05) is 67.4 Å². The van der Waals surface area contributed by atoms with Gasteiger partial charge in [-0.15, -0.1) is 0 Å². The Labute approximate surface area is 285 Å². The van der Waals surface area contributed by atoms with E-state index in [0.29, 0.717) is 57.6 Å². The number of carbonyl (C=O) groups excluding carboxylic acids is 1. The standard InChI is InChI=1S/C34H41Cl2N7O4/c1-21(33(45)46)3-6-41-9-11-43(12-10-41)34-37-18-27(19-38-34)47-31-14-23(13-30(40-31)24-15-25(35)17-26(36)16-24)20-42-7-4-28-29(5-8-42)32(28)39-22(2)44/h13-19,21,28-29,32H,3-12,20H2,1-2H3,(H,39,44)(H,45,46)/t21?,28-,29+,32+. The molecule has 0 bridgehead atoms. The van der Waals surface area contributed by atoms with Gasteiger partial charge in [0.05, 0.1) is 24.0 Å². The van der Waals surface area contributed by atoms with E-state index in [1.165, 1.54) is 0 Å². The van der Waals surface area contributed by atoms with E-state index < -0.39 is 5.97 Å². The van der Waals surface area contributed by atoms with Crippen LogP contribution in [-0.4, -0.2) is 93.6 Å². The summed E-state index contributed by atoms with van der Waals surface area (Å²) in [6.07, 6.45) is 6.09. The topological polar surface area (TPSA) is 124 Å². The van der Waals surface area contributed by atoms with E-state index in [4.69, 9.17) is 38.0 Å². The van der Waals surface area contributed by atoms with Gasteiger partial charge >= 0.3 is 5.97 Å². The molecule has 4 atom stereocenters. The van der Waals surface area contributed by atoms with Gasteiger partial charge in [0.25, 0.3) is 0 Å². The Balaban J connectivity index is 1.12. The Morgan fingerprint density at radius 1 is 0.957 bits per heavy atom. The lowest BCUT2D eigenvalue weighted by molar-refractivity contribution is -0.141. The first-order valence-corrected chi connectivity index (χ1v) is 17.0. The van der Waals surface area contributed by atoms with Gasteiger partial charge in [-0.25, -0.2) is 15.0 Å². The van der Waals surface area contributed by atoms with Crippen molar-refractivity contribution in [3.8, 4) is 22.9 Å². The third-order valence-corrected chi connectivity index (χ3v) is 9.91. The van der Waals surface area contributed by atoms with Crippen LogP contribution < -0.4 is 15.0 Å². The molecule has 47 heavy (non-hydrogen) atoms. The second-order valence-corrected chi connectivity index (χ2v) is 13.8. The second kappa shape index (κ2) is 14.7. The van der Waals surface area contributed by atoms with E-state index in [0.717, 1.165) is 76.3 Å². The summed E-state index contributed by atoms with van der Waals surface area (Å²) in [4.78, 5) is 43.5. The molecule has 6 rings (SSSR count). The zero-order chi connectivity index (χ0) is 33.1. The van der Waals surface area contributed by atoms with Crippen LogP contribution in [0.3, 0.4) is 0 Å². The number of nitrogens with one attached hydrogen (secondary N) is 1. The molecular weight excluding hydrogens is 641 g/mol. The molecule has 3 fully saturated rings. The number of carbonyl (C=O) groups is 2. The Kier molecular flexibility index (Phi) is 10.5. The summed E-state index contributed by atoms with van der Waals surface area (Å²) in [6.45, 7) is 9.95. The first-order chi connectivity index (χ1) is 22.6. The van der Waals surface area contributed by atoms with Crippen LogP contribution in [0, 0.1) is 17.8 Å². The molecule has 2 aromatic heterocycles. The minimum Gasteiger partial charge on any atom is -0.481 e. The van der Waals surface area contributed by atoms with Crippen LogP contribution in [0.15, 0.2) is 42.7 Å². The van der Waals surface area contributed by atoms with Crippen LogP contribution in [-0.2, 0) is 16.1 Å². The van der Waals surface area contributed by atoms with Gasteiger partial charge in [0.1, 0.15) is 0 Å². The molecule has 2 aliphatic heterocycles. The van der Waals surface area contributed by atoms with Crippen molar-refractivity contribution in [2.45, 2.75) is 45.7 Å². The molecule has 13 heteroatoms. The average Bonchev–Trinajstić information content (AvgIpc) is 3.74. The quantitative estimate of drug-likeness (QED) is 0.279. The van der Waals surface area contributed by atoms with Gasteiger partial charge in [0.2, 0.25) is 17.7 Å². The number of piperazine rings is 1. The molecule has 1 unspecified atom stereocenters. The number of nitrogens with zero attached hydrogens (tertiary/aromatic N) is 6. The fourth-order valence-corrected chi connectivity index (χ4v) is 7.27. The summed E-state index contributed by atoms with van der Waals surface area (Å²) in [6, 6.07) is 9.72. The summed E-state index contributed by atoms with van der Waals surface area (Å²) < 4.78 is 6.23. The summed E-state index contributed by atoms with van der Waals surface area (Å²) in [5, 5.41) is 13.3. The number of carboxylic acid groups (broad SMARTS) is 1. The molecule has 1 aromatic carbocycles. The van der Waals surface area contributed by atoms with Gasteiger partial charge in [-0.2, -0.15) is 0 Å². The van der Waals surface area contributed by atoms with Crippen LogP contribution >= 0.6 is 23.2 Å². The number of carboxylic acids is 1. The maximum absolute atomic E-state index is 11.6. The molecule has 1 aliphatic carbocycles. The maximum Gasteiger partial charge on any atom is 0.306 e. The van der Waals surface area contributed by atoms with E-state index in [1.54, 1.807) is 32.3 Å². The third-order valence-electron chi connectivity index (χ3n) is 9.48. The molecule has 0 spiro atoms. The molecular formula is C34H41Cl2N7O4. The van der Waals surface area contributed by atoms with Gasteiger partial charge < -0.3 is 20.1 Å². The van der Waals surface area contributed by atoms with Crippen LogP contribution in [0.4, 0.5) is 5.95 Å². The predicted octanol–water partition coefficient (Wildman–Crippen LogP) is 5.22. The predicted molar refractivity (Wildman–Crippen MR) is 181 cm³/mol. The Morgan fingerprint density at radius 2 is 1.62 bits per heavy atom. The third kappa shape index (κ3) is 8.70. The normalized spacial score (nSPS) is 22.2. The highest BCUT2D eigenvalue weighted by atomic mass is 35.5. The smallest absolute Gasteiger partial charge is 0.306 e. The highest BCUT2D eigenvalue weighted by Gasteiger charge is 2.50. The molecule has 3 aromatic rings. The number of benzene rings is 1. The van der Waals surface area contributed by atoms with Crippen LogP contribution in [0.1, 0.15) is 38.7 Å². The molecule has 11 nitrogen and oxygen atoms in total. The fraction of sp³-hybridized carbons (Fsp3) is 0.500. The minimum absolute atomic E-state index is 0.0530. The average molecular weight is 683 g/mol. The minimum atomic E-state index is -0.751. The zero-order valence-corrected chi connectivity index (χ0v) is 28.3. The van der Waals surface area contributed by atoms with Crippen molar-refractivity contribution >= 4 is 41.0 Å². The van der Waals surface area contributed by atoms with Gasteiger partial charge in [-0.1, -0.05) is 30.1 Å². The van der Waals surface area contributed by atoms with Crippen molar-refractivity contribution in [3.63, 3.8) is 0 Å². The van der Waals surface area contributed by atoms with Crippen LogP contribution in [0.25, 0.3) is 11.3 Å². The highest BCUT2D eigenvalue weighted by Crippen LogP contribution is 2.46. The van der Waals surface area contributed by atoms with Gasteiger partial charge in [-0.05, 0) is 80.6 Å². The Hall–Kier alpha value is -3.51. The SMILES string of the molecule is CC(=O)N[C@H]1[C@@H]2CCN(Cc3cc(Oc4cnc(N5CCN(CCC(C)C(=O)O)CC5)nc4)nc(-c4cc(Cl)cc(Cl)c4)c3)CC[C@@H]21.